The molecule has 0 aromatic carbocycles. The van der Waals surface area contributed by atoms with E-state index < -0.39 is 39.2 Å². The van der Waals surface area contributed by atoms with Crippen LogP contribution in [0.5, 0.6) is 0 Å². The Balaban J connectivity index is 2.64. The van der Waals surface area contributed by atoms with E-state index in [-0.39, 0.29) is 18.4 Å². The van der Waals surface area contributed by atoms with Crippen LogP contribution in [-0.2, 0) is 29.1 Å². The van der Waals surface area contributed by atoms with Gasteiger partial charge in [-0.2, -0.15) is 0 Å². The third-order valence-electron chi connectivity index (χ3n) is 4.35. The minimum absolute atomic E-state index is 0.0538. The van der Waals surface area contributed by atoms with Crippen molar-refractivity contribution >= 4 is 21.8 Å². The summed E-state index contributed by atoms with van der Waals surface area (Å²) in [4.78, 5) is 24.8. The molecule has 1 aliphatic heterocycles. The maximum Gasteiger partial charge on any atom is 0.238 e. The summed E-state index contributed by atoms with van der Waals surface area (Å²) in [6, 6.07) is -1.71. The minimum Gasteiger partial charge on any atom is -0.351 e. The second-order valence-corrected chi connectivity index (χ2v) is 10.1. The zero-order valence-corrected chi connectivity index (χ0v) is 18.0. The number of amides is 2. The van der Waals surface area contributed by atoms with Crippen LogP contribution in [0.15, 0.2) is 0 Å². The van der Waals surface area contributed by atoms with Gasteiger partial charge in [0.2, 0.25) is 21.8 Å². The Kier molecular flexibility index (Phi) is 7.80. The first kappa shape index (κ1) is 23.8. The highest BCUT2D eigenvalue weighted by atomic mass is 32.2. The van der Waals surface area contributed by atoms with Gasteiger partial charge in [0, 0.05) is 12.1 Å². The van der Waals surface area contributed by atoms with Gasteiger partial charge in [-0.25, -0.2) is 13.1 Å². The molecule has 3 atom stereocenters. The molecular weight excluding hydrogens is 374 g/mol. The molecule has 1 fully saturated rings. The molecule has 1 heterocycles. The van der Waals surface area contributed by atoms with Gasteiger partial charge in [0.05, 0.1) is 25.9 Å². The summed E-state index contributed by atoms with van der Waals surface area (Å²) >= 11 is 0. The first-order valence-corrected chi connectivity index (χ1v) is 10.9. The number of nitrogens with one attached hydrogen (secondary N) is 3. The summed E-state index contributed by atoms with van der Waals surface area (Å²) in [5.41, 5.74) is -0.620. The van der Waals surface area contributed by atoms with Gasteiger partial charge in [0.25, 0.3) is 0 Å². The van der Waals surface area contributed by atoms with Crippen molar-refractivity contribution in [3.05, 3.63) is 0 Å². The van der Waals surface area contributed by atoms with Crippen molar-refractivity contribution in [1.29, 1.82) is 0 Å². The standard InChI is InChI=1S/C17H33N3O6S/c1-11(18-13(21)10-17(6)25-8-9-26-17)12(2)19-15(22)14(16(3,4)5)20-27(7,23)24/h11-12,14,20H,8-10H2,1-7H3,(H,18,21)(H,19,22). The van der Waals surface area contributed by atoms with E-state index in [0.29, 0.717) is 13.2 Å². The Labute approximate surface area is 162 Å². The molecule has 0 aliphatic carbocycles. The van der Waals surface area contributed by atoms with Crippen LogP contribution in [0.3, 0.4) is 0 Å². The van der Waals surface area contributed by atoms with E-state index >= 15 is 0 Å². The predicted octanol–water partition coefficient (Wildman–Crippen LogP) is 0.113. The van der Waals surface area contributed by atoms with E-state index in [2.05, 4.69) is 15.4 Å². The smallest absolute Gasteiger partial charge is 0.238 e. The van der Waals surface area contributed by atoms with Crippen molar-refractivity contribution < 1.29 is 27.5 Å². The Bertz CT molecular complexity index is 638. The zero-order chi connectivity index (χ0) is 21.0. The monoisotopic (exact) mass is 407 g/mol. The second-order valence-electron chi connectivity index (χ2n) is 8.35. The summed E-state index contributed by atoms with van der Waals surface area (Å²) in [6.07, 6.45) is 1.07. The molecule has 1 aliphatic rings. The fourth-order valence-electron chi connectivity index (χ4n) is 2.65. The summed E-state index contributed by atoms with van der Waals surface area (Å²) in [6.45, 7) is 11.4. The summed E-state index contributed by atoms with van der Waals surface area (Å²) in [5.74, 6) is -1.63. The van der Waals surface area contributed by atoms with E-state index in [0.717, 1.165) is 6.26 Å². The lowest BCUT2D eigenvalue weighted by atomic mass is 9.86. The lowest BCUT2D eigenvalue weighted by Crippen LogP contribution is -2.58. The highest BCUT2D eigenvalue weighted by Gasteiger charge is 2.36. The maximum absolute atomic E-state index is 12.6. The number of sulfonamides is 1. The van der Waals surface area contributed by atoms with Crippen molar-refractivity contribution in [2.45, 2.75) is 71.9 Å². The Hall–Kier alpha value is -1.23. The summed E-state index contributed by atoms with van der Waals surface area (Å²) < 4.78 is 36.4. The van der Waals surface area contributed by atoms with Crippen LogP contribution >= 0.6 is 0 Å². The van der Waals surface area contributed by atoms with E-state index in [1.165, 1.54) is 0 Å². The Morgan fingerprint density at radius 3 is 2.00 bits per heavy atom. The molecule has 0 aromatic heterocycles. The van der Waals surface area contributed by atoms with Crippen molar-refractivity contribution in [3.63, 3.8) is 0 Å². The van der Waals surface area contributed by atoms with Crippen LogP contribution in [0.2, 0.25) is 0 Å². The first-order chi connectivity index (χ1) is 12.1. The van der Waals surface area contributed by atoms with Gasteiger partial charge in [0.15, 0.2) is 5.79 Å². The predicted molar refractivity (Wildman–Crippen MR) is 101 cm³/mol. The van der Waals surface area contributed by atoms with Gasteiger partial charge in [-0.1, -0.05) is 20.8 Å². The fourth-order valence-corrected chi connectivity index (χ4v) is 3.54. The van der Waals surface area contributed by atoms with E-state index in [4.69, 9.17) is 9.47 Å². The molecule has 3 unspecified atom stereocenters. The van der Waals surface area contributed by atoms with E-state index in [1.54, 1.807) is 41.5 Å². The molecule has 0 aromatic rings. The van der Waals surface area contributed by atoms with Gasteiger partial charge in [-0.05, 0) is 26.2 Å². The number of ether oxygens (including phenoxy) is 2. The Morgan fingerprint density at radius 2 is 1.56 bits per heavy atom. The van der Waals surface area contributed by atoms with Crippen LogP contribution in [0, 0.1) is 5.41 Å². The topological polar surface area (TPSA) is 123 Å². The molecule has 0 radical (unpaired) electrons. The average molecular weight is 408 g/mol. The molecule has 3 N–H and O–H groups in total. The molecule has 158 valence electrons. The molecule has 10 heteroatoms. The van der Waals surface area contributed by atoms with Crippen molar-refractivity contribution in [1.82, 2.24) is 15.4 Å². The third kappa shape index (κ3) is 8.12. The number of rotatable bonds is 8. The minimum atomic E-state index is -3.56. The van der Waals surface area contributed by atoms with Crippen LogP contribution in [-0.4, -0.2) is 63.6 Å². The fraction of sp³-hybridized carbons (Fsp3) is 0.882. The lowest BCUT2D eigenvalue weighted by molar-refractivity contribution is -0.160. The molecule has 0 spiro atoms. The van der Waals surface area contributed by atoms with Crippen LogP contribution < -0.4 is 15.4 Å². The lowest BCUT2D eigenvalue weighted by Gasteiger charge is -2.32. The number of hydrogen-bond acceptors (Lipinski definition) is 6. The quantitative estimate of drug-likeness (QED) is 0.525. The van der Waals surface area contributed by atoms with Gasteiger partial charge >= 0.3 is 0 Å². The molecule has 0 bridgehead atoms. The summed E-state index contributed by atoms with van der Waals surface area (Å²) in [7, 11) is -3.56. The molecule has 9 nitrogen and oxygen atoms in total. The van der Waals surface area contributed by atoms with E-state index in [1.807, 2.05) is 0 Å². The van der Waals surface area contributed by atoms with Gasteiger partial charge in [-0.3, -0.25) is 9.59 Å². The highest BCUT2D eigenvalue weighted by molar-refractivity contribution is 7.88. The molecule has 1 saturated heterocycles. The normalized spacial score (nSPS) is 20.6. The zero-order valence-electron chi connectivity index (χ0n) is 17.2. The van der Waals surface area contributed by atoms with E-state index in [9.17, 15) is 18.0 Å². The van der Waals surface area contributed by atoms with Crippen molar-refractivity contribution in [2.75, 3.05) is 19.5 Å². The molecule has 1 rings (SSSR count). The molecule has 0 saturated carbocycles. The molecule has 2 amide bonds. The third-order valence-corrected chi connectivity index (χ3v) is 5.01. The van der Waals surface area contributed by atoms with Crippen LogP contribution in [0.4, 0.5) is 0 Å². The van der Waals surface area contributed by atoms with Gasteiger partial charge < -0.3 is 20.1 Å². The van der Waals surface area contributed by atoms with Crippen LogP contribution in [0.25, 0.3) is 0 Å². The molecular formula is C17H33N3O6S. The SMILES string of the molecule is CC(NC(=O)CC1(C)OCCO1)C(C)NC(=O)C(NS(C)(=O)=O)C(C)(C)C. The largest absolute Gasteiger partial charge is 0.351 e. The van der Waals surface area contributed by atoms with Gasteiger partial charge in [-0.15, -0.1) is 0 Å². The van der Waals surface area contributed by atoms with Crippen LogP contribution in [0.1, 0.15) is 48.0 Å². The summed E-state index contributed by atoms with van der Waals surface area (Å²) in [5, 5.41) is 5.59. The van der Waals surface area contributed by atoms with Crippen molar-refractivity contribution in [2.24, 2.45) is 5.41 Å². The first-order valence-electron chi connectivity index (χ1n) is 8.98. The highest BCUT2D eigenvalue weighted by Crippen LogP contribution is 2.22. The van der Waals surface area contributed by atoms with Crippen molar-refractivity contribution in [3.8, 4) is 0 Å². The number of carbonyl (C=O) groups excluding carboxylic acids is 2. The average Bonchev–Trinajstić information content (AvgIpc) is 2.88. The second kappa shape index (κ2) is 8.85. The maximum atomic E-state index is 12.6. The molecule has 27 heavy (non-hydrogen) atoms. The number of hydrogen-bond donors (Lipinski definition) is 3. The number of carbonyl (C=O) groups is 2. The Morgan fingerprint density at radius 1 is 1.07 bits per heavy atom. The van der Waals surface area contributed by atoms with Gasteiger partial charge in [0.1, 0.15) is 6.04 Å².